The number of carbonyl (C=O) groups is 2. The number of nitrogens with zero attached hydrogens (tertiary/aromatic N) is 1. The fraction of sp³-hybridized carbons (Fsp3) is 0.364. The molecule has 27 heavy (non-hydrogen) atoms. The Hall–Kier alpha value is -2.69. The third kappa shape index (κ3) is 3.87. The maximum absolute atomic E-state index is 13.9. The number of nitrogens with one attached hydrogen (secondary N) is 1. The van der Waals surface area contributed by atoms with E-state index >= 15 is 0 Å². The van der Waals surface area contributed by atoms with Crippen LogP contribution in [0.5, 0.6) is 0 Å². The smallest absolute Gasteiger partial charge is 0.229 e. The van der Waals surface area contributed by atoms with Crippen molar-refractivity contribution < 1.29 is 14.0 Å². The van der Waals surface area contributed by atoms with Crippen LogP contribution in [0.15, 0.2) is 36.4 Å². The number of hydrogen-bond acceptors (Lipinski definition) is 2. The van der Waals surface area contributed by atoms with Gasteiger partial charge in [-0.2, -0.15) is 0 Å². The Labute approximate surface area is 159 Å². The summed E-state index contributed by atoms with van der Waals surface area (Å²) in [6.45, 7) is 6.05. The topological polar surface area (TPSA) is 49.4 Å². The molecule has 2 aromatic carbocycles. The Morgan fingerprint density at radius 3 is 2.44 bits per heavy atom. The van der Waals surface area contributed by atoms with Crippen molar-refractivity contribution in [3.63, 3.8) is 0 Å². The molecule has 0 saturated carbocycles. The summed E-state index contributed by atoms with van der Waals surface area (Å²) in [5.74, 6) is -1.11. The number of halogens is 1. The lowest BCUT2D eigenvalue weighted by atomic mass is 10.0. The zero-order chi connectivity index (χ0) is 19.6. The summed E-state index contributed by atoms with van der Waals surface area (Å²) in [7, 11) is 0. The molecule has 0 aromatic heterocycles. The highest BCUT2D eigenvalue weighted by Gasteiger charge is 2.35. The summed E-state index contributed by atoms with van der Waals surface area (Å²) in [4.78, 5) is 26.7. The average molecular weight is 368 g/mol. The lowest BCUT2D eigenvalue weighted by Gasteiger charge is -2.18. The van der Waals surface area contributed by atoms with Crippen molar-refractivity contribution in [3.8, 4) is 0 Å². The van der Waals surface area contributed by atoms with Crippen LogP contribution in [0.1, 0.15) is 37.0 Å². The molecule has 5 heteroatoms. The van der Waals surface area contributed by atoms with Crippen LogP contribution in [-0.4, -0.2) is 18.4 Å². The highest BCUT2D eigenvalue weighted by atomic mass is 19.1. The first-order chi connectivity index (χ1) is 12.9. The van der Waals surface area contributed by atoms with E-state index < -0.39 is 5.92 Å². The lowest BCUT2D eigenvalue weighted by Crippen LogP contribution is -2.28. The van der Waals surface area contributed by atoms with Crippen LogP contribution in [0.25, 0.3) is 0 Å². The van der Waals surface area contributed by atoms with Gasteiger partial charge in [0.2, 0.25) is 11.8 Å². The molecule has 0 spiro atoms. The number of anilines is 2. The second-order valence-electron chi connectivity index (χ2n) is 6.99. The minimum absolute atomic E-state index is 0.136. The van der Waals surface area contributed by atoms with Crippen LogP contribution in [-0.2, 0) is 22.4 Å². The summed E-state index contributed by atoms with van der Waals surface area (Å²) in [5.41, 5.74) is 4.07. The van der Waals surface area contributed by atoms with E-state index in [9.17, 15) is 14.0 Å². The maximum atomic E-state index is 13.9. The molecule has 1 fully saturated rings. The molecule has 1 saturated heterocycles. The SMILES string of the molecule is CCc1cccc(CC)c1NC(=O)C1CC(=O)N(c2ccc(C)c(F)c2)C1. The monoisotopic (exact) mass is 368 g/mol. The molecule has 1 N–H and O–H groups in total. The molecule has 1 heterocycles. The van der Waals surface area contributed by atoms with E-state index in [-0.39, 0.29) is 30.6 Å². The van der Waals surface area contributed by atoms with Gasteiger partial charge in [0.05, 0.1) is 5.92 Å². The van der Waals surface area contributed by atoms with Crippen LogP contribution >= 0.6 is 0 Å². The number of carbonyl (C=O) groups excluding carboxylic acids is 2. The minimum Gasteiger partial charge on any atom is -0.325 e. The quantitative estimate of drug-likeness (QED) is 0.858. The third-order valence-electron chi connectivity index (χ3n) is 5.21. The molecule has 1 aliphatic heterocycles. The molecule has 1 atom stereocenters. The predicted octanol–water partition coefficient (Wildman–Crippen LogP) is 4.25. The maximum Gasteiger partial charge on any atom is 0.229 e. The molecular formula is C22H25FN2O2. The van der Waals surface area contributed by atoms with E-state index in [4.69, 9.17) is 0 Å². The van der Waals surface area contributed by atoms with E-state index in [0.717, 1.165) is 29.7 Å². The van der Waals surface area contributed by atoms with Crippen molar-refractivity contribution in [2.75, 3.05) is 16.8 Å². The molecule has 4 nitrogen and oxygen atoms in total. The Balaban J connectivity index is 1.78. The van der Waals surface area contributed by atoms with Crippen LogP contribution in [0.2, 0.25) is 0 Å². The summed E-state index contributed by atoms with van der Waals surface area (Å²) < 4.78 is 13.9. The van der Waals surface area contributed by atoms with Crippen molar-refractivity contribution in [1.82, 2.24) is 0 Å². The standard InChI is InChI=1S/C22H25FN2O2/c1-4-15-7-6-8-16(5-2)21(15)24-22(27)17-11-20(26)25(13-17)18-10-9-14(3)19(23)12-18/h6-10,12,17H,4-5,11,13H2,1-3H3,(H,24,27). The van der Waals surface area contributed by atoms with Gasteiger partial charge in [0.1, 0.15) is 5.82 Å². The van der Waals surface area contributed by atoms with E-state index in [0.29, 0.717) is 11.3 Å². The van der Waals surface area contributed by atoms with Crippen LogP contribution in [0, 0.1) is 18.7 Å². The number of rotatable bonds is 5. The minimum atomic E-state index is -0.448. The summed E-state index contributed by atoms with van der Waals surface area (Å²) in [5, 5.41) is 3.04. The summed E-state index contributed by atoms with van der Waals surface area (Å²) in [6.07, 6.45) is 1.78. The second-order valence-corrected chi connectivity index (χ2v) is 6.99. The van der Waals surface area contributed by atoms with Gasteiger partial charge in [0.25, 0.3) is 0 Å². The lowest BCUT2D eigenvalue weighted by molar-refractivity contribution is -0.122. The van der Waals surface area contributed by atoms with Gasteiger partial charge < -0.3 is 10.2 Å². The molecule has 2 aromatic rings. The first-order valence-electron chi connectivity index (χ1n) is 9.42. The summed E-state index contributed by atoms with van der Waals surface area (Å²) >= 11 is 0. The molecule has 0 bridgehead atoms. The molecule has 2 amide bonds. The van der Waals surface area contributed by atoms with Gasteiger partial charge in [-0.05, 0) is 48.6 Å². The van der Waals surface area contributed by atoms with Crippen molar-refractivity contribution in [2.24, 2.45) is 5.92 Å². The number of para-hydroxylation sites is 1. The van der Waals surface area contributed by atoms with Crippen molar-refractivity contribution in [1.29, 1.82) is 0 Å². The van der Waals surface area contributed by atoms with E-state index in [1.165, 1.54) is 11.0 Å². The Morgan fingerprint density at radius 2 is 1.85 bits per heavy atom. The van der Waals surface area contributed by atoms with E-state index in [1.807, 2.05) is 18.2 Å². The van der Waals surface area contributed by atoms with Gasteiger partial charge in [-0.3, -0.25) is 9.59 Å². The van der Waals surface area contributed by atoms with Crippen LogP contribution < -0.4 is 10.2 Å². The Kier molecular flexibility index (Phi) is 5.59. The first kappa shape index (κ1) is 19.1. The largest absolute Gasteiger partial charge is 0.325 e. The zero-order valence-electron chi connectivity index (χ0n) is 16.0. The summed E-state index contributed by atoms with van der Waals surface area (Å²) in [6, 6.07) is 10.7. The molecule has 3 rings (SSSR count). The van der Waals surface area contributed by atoms with Gasteiger partial charge in [-0.25, -0.2) is 4.39 Å². The van der Waals surface area contributed by atoms with Crippen molar-refractivity contribution in [3.05, 3.63) is 58.9 Å². The predicted molar refractivity (Wildman–Crippen MR) is 105 cm³/mol. The first-order valence-corrected chi connectivity index (χ1v) is 9.42. The number of benzene rings is 2. The van der Waals surface area contributed by atoms with Crippen molar-refractivity contribution >= 4 is 23.2 Å². The molecule has 1 unspecified atom stereocenters. The number of hydrogen-bond donors (Lipinski definition) is 1. The Bertz CT molecular complexity index is 856. The van der Waals surface area contributed by atoms with E-state index in [2.05, 4.69) is 19.2 Å². The van der Waals surface area contributed by atoms with Gasteiger partial charge in [-0.15, -0.1) is 0 Å². The van der Waals surface area contributed by atoms with Gasteiger partial charge >= 0.3 is 0 Å². The van der Waals surface area contributed by atoms with E-state index in [1.54, 1.807) is 19.1 Å². The molecule has 142 valence electrons. The van der Waals surface area contributed by atoms with Crippen molar-refractivity contribution in [2.45, 2.75) is 40.0 Å². The number of aryl methyl sites for hydroxylation is 3. The highest BCUT2D eigenvalue weighted by molar-refractivity contribution is 6.04. The van der Waals surface area contributed by atoms with Crippen LogP contribution in [0.4, 0.5) is 15.8 Å². The van der Waals surface area contributed by atoms with Gasteiger partial charge in [0, 0.05) is 24.3 Å². The molecular weight excluding hydrogens is 343 g/mol. The molecule has 0 radical (unpaired) electrons. The molecule has 1 aliphatic rings. The molecule has 0 aliphatic carbocycles. The van der Waals surface area contributed by atoms with Gasteiger partial charge in [-0.1, -0.05) is 38.1 Å². The fourth-order valence-electron chi connectivity index (χ4n) is 3.51. The van der Waals surface area contributed by atoms with Gasteiger partial charge in [0.15, 0.2) is 0 Å². The highest BCUT2D eigenvalue weighted by Crippen LogP contribution is 2.29. The average Bonchev–Trinajstić information content (AvgIpc) is 3.06. The normalized spacial score (nSPS) is 16.7. The van der Waals surface area contributed by atoms with Crippen LogP contribution in [0.3, 0.4) is 0 Å². The third-order valence-corrected chi connectivity index (χ3v) is 5.21. The fourth-order valence-corrected chi connectivity index (χ4v) is 3.51. The zero-order valence-corrected chi connectivity index (χ0v) is 16.0. The number of amides is 2. The Morgan fingerprint density at radius 1 is 1.19 bits per heavy atom. The second kappa shape index (κ2) is 7.91.